The molecule has 3 aromatic rings. The van der Waals surface area contributed by atoms with Crippen molar-refractivity contribution in [3.05, 3.63) is 95.1 Å². The van der Waals surface area contributed by atoms with Gasteiger partial charge < -0.3 is 14.4 Å². The summed E-state index contributed by atoms with van der Waals surface area (Å²) in [5.41, 5.74) is 3.45. The van der Waals surface area contributed by atoms with Gasteiger partial charge in [0.2, 0.25) is 5.78 Å². The van der Waals surface area contributed by atoms with Gasteiger partial charge in [-0.25, -0.2) is 0 Å². The van der Waals surface area contributed by atoms with E-state index in [4.69, 9.17) is 4.42 Å². The number of nitrogens with zero attached hydrogens (tertiary/aromatic N) is 2. The molecule has 1 aromatic heterocycles. The van der Waals surface area contributed by atoms with E-state index >= 15 is 0 Å². The molecule has 0 saturated heterocycles. The van der Waals surface area contributed by atoms with Gasteiger partial charge in [-0.3, -0.25) is 14.5 Å². The Morgan fingerprint density at radius 3 is 2.25 bits per heavy atom. The van der Waals surface area contributed by atoms with Gasteiger partial charge in [0.25, 0.3) is 5.91 Å². The second-order valence-corrected chi connectivity index (χ2v) is 7.75. The summed E-state index contributed by atoms with van der Waals surface area (Å²) >= 11 is 0. The average Bonchev–Trinajstić information content (AvgIpc) is 3.43. The van der Waals surface area contributed by atoms with Gasteiger partial charge in [-0.05, 0) is 62.7 Å². The minimum Gasteiger partial charge on any atom is -0.503 e. The lowest BCUT2D eigenvalue weighted by atomic mass is 9.94. The Morgan fingerprint density at radius 2 is 1.69 bits per heavy atom. The van der Waals surface area contributed by atoms with Crippen LogP contribution in [0.15, 0.2) is 82.7 Å². The number of rotatable bonds is 7. The molecule has 0 fully saturated rings. The van der Waals surface area contributed by atoms with E-state index in [1.165, 1.54) is 17.2 Å². The highest BCUT2D eigenvalue weighted by atomic mass is 16.3. The van der Waals surface area contributed by atoms with E-state index in [0.29, 0.717) is 5.69 Å². The van der Waals surface area contributed by atoms with Crippen LogP contribution in [0.4, 0.5) is 11.4 Å². The Hall–Kier alpha value is -3.80. The monoisotopic (exact) mass is 430 g/mol. The molecule has 0 radical (unpaired) electrons. The molecule has 1 unspecified atom stereocenters. The number of hydrogen-bond acceptors (Lipinski definition) is 5. The maximum Gasteiger partial charge on any atom is 0.294 e. The summed E-state index contributed by atoms with van der Waals surface area (Å²) in [5.74, 6) is -1.59. The molecule has 1 amide bonds. The lowest BCUT2D eigenvalue weighted by Crippen LogP contribution is -2.31. The van der Waals surface area contributed by atoms with E-state index in [1.54, 1.807) is 6.07 Å². The van der Waals surface area contributed by atoms with Crippen LogP contribution in [-0.4, -0.2) is 29.9 Å². The number of furan rings is 1. The summed E-state index contributed by atoms with van der Waals surface area (Å²) in [5, 5.41) is 10.8. The fourth-order valence-corrected chi connectivity index (χ4v) is 4.12. The highest BCUT2D eigenvalue weighted by Crippen LogP contribution is 2.42. The summed E-state index contributed by atoms with van der Waals surface area (Å²) in [6, 6.07) is 17.6. The molecule has 6 nitrogen and oxygen atoms in total. The Bertz CT molecular complexity index is 1140. The minimum atomic E-state index is -0.770. The minimum absolute atomic E-state index is 0.0149. The topological polar surface area (TPSA) is 74.0 Å². The van der Waals surface area contributed by atoms with Gasteiger partial charge in [0.05, 0.1) is 17.9 Å². The van der Waals surface area contributed by atoms with Crippen molar-refractivity contribution in [2.45, 2.75) is 26.8 Å². The van der Waals surface area contributed by atoms with Crippen LogP contribution in [0.25, 0.3) is 0 Å². The first-order chi connectivity index (χ1) is 15.5. The van der Waals surface area contributed by atoms with E-state index in [2.05, 4.69) is 18.7 Å². The maximum atomic E-state index is 13.2. The molecule has 32 heavy (non-hydrogen) atoms. The summed E-state index contributed by atoms with van der Waals surface area (Å²) in [6.07, 6.45) is 1.40. The number of amides is 1. The normalized spacial score (nSPS) is 16.0. The van der Waals surface area contributed by atoms with Gasteiger partial charge in [-0.15, -0.1) is 0 Å². The molecular weight excluding hydrogens is 404 g/mol. The second kappa shape index (κ2) is 8.75. The van der Waals surface area contributed by atoms with Crippen LogP contribution in [0, 0.1) is 6.92 Å². The first-order valence-electron chi connectivity index (χ1n) is 10.7. The fourth-order valence-electron chi connectivity index (χ4n) is 4.12. The third-order valence-corrected chi connectivity index (χ3v) is 5.85. The molecular formula is C26H26N2O4. The predicted molar refractivity (Wildman–Crippen MR) is 124 cm³/mol. The Labute approximate surface area is 187 Å². The van der Waals surface area contributed by atoms with E-state index in [-0.39, 0.29) is 11.3 Å². The standard InChI is InChI=1S/C26H26N2O4/c1-4-27(5-2)19-14-10-18(11-15-19)23-22(24(29)21-7-6-16-32-21)25(30)26(31)28(23)20-12-8-17(3)9-13-20/h6-16,23,30H,4-5H2,1-3H3. The molecule has 2 aromatic carbocycles. The number of carbonyl (C=O) groups is 2. The van der Waals surface area contributed by atoms with Crippen molar-refractivity contribution in [1.82, 2.24) is 0 Å². The summed E-state index contributed by atoms with van der Waals surface area (Å²) in [4.78, 5) is 30.1. The van der Waals surface area contributed by atoms with Gasteiger partial charge in [-0.2, -0.15) is 0 Å². The molecule has 0 saturated carbocycles. The van der Waals surface area contributed by atoms with Crippen LogP contribution >= 0.6 is 0 Å². The summed E-state index contributed by atoms with van der Waals surface area (Å²) in [6.45, 7) is 7.88. The van der Waals surface area contributed by atoms with Crippen LogP contribution in [0.3, 0.4) is 0 Å². The third kappa shape index (κ3) is 3.68. The number of aliphatic hydroxyl groups is 1. The zero-order valence-electron chi connectivity index (χ0n) is 18.4. The first-order valence-corrected chi connectivity index (χ1v) is 10.7. The molecule has 1 aliphatic rings. The maximum absolute atomic E-state index is 13.2. The summed E-state index contributed by atoms with van der Waals surface area (Å²) in [7, 11) is 0. The van der Waals surface area contributed by atoms with Crippen molar-refractivity contribution in [3.63, 3.8) is 0 Å². The molecule has 6 heteroatoms. The quantitative estimate of drug-likeness (QED) is 0.521. The van der Waals surface area contributed by atoms with E-state index < -0.39 is 23.5 Å². The largest absolute Gasteiger partial charge is 0.503 e. The molecule has 0 bridgehead atoms. The fraction of sp³-hybridized carbons (Fsp3) is 0.231. The van der Waals surface area contributed by atoms with Crippen molar-refractivity contribution in [3.8, 4) is 0 Å². The van der Waals surface area contributed by atoms with Crippen molar-refractivity contribution >= 4 is 23.1 Å². The highest BCUT2D eigenvalue weighted by molar-refractivity contribution is 6.20. The lowest BCUT2D eigenvalue weighted by molar-refractivity contribution is -0.117. The van der Waals surface area contributed by atoms with E-state index in [9.17, 15) is 14.7 Å². The molecule has 4 rings (SSSR count). The number of aliphatic hydroxyl groups excluding tert-OH is 1. The van der Waals surface area contributed by atoms with Crippen LogP contribution in [0.5, 0.6) is 0 Å². The van der Waals surface area contributed by atoms with Crippen molar-refractivity contribution in [2.24, 2.45) is 0 Å². The highest BCUT2D eigenvalue weighted by Gasteiger charge is 2.45. The van der Waals surface area contributed by atoms with Crippen molar-refractivity contribution in [2.75, 3.05) is 22.9 Å². The van der Waals surface area contributed by atoms with E-state index in [1.807, 2.05) is 55.5 Å². The zero-order valence-corrected chi connectivity index (χ0v) is 18.4. The number of ketones is 1. The molecule has 0 aliphatic carbocycles. The second-order valence-electron chi connectivity index (χ2n) is 7.75. The Kier molecular flexibility index (Phi) is 5.86. The predicted octanol–water partition coefficient (Wildman–Crippen LogP) is 5.22. The van der Waals surface area contributed by atoms with Gasteiger partial charge in [0.1, 0.15) is 0 Å². The van der Waals surface area contributed by atoms with E-state index in [0.717, 1.165) is 29.9 Å². The van der Waals surface area contributed by atoms with Gasteiger partial charge in [0, 0.05) is 24.5 Å². The molecule has 1 aliphatic heterocycles. The number of hydrogen-bond donors (Lipinski definition) is 1. The molecule has 0 spiro atoms. The molecule has 1 N–H and O–H groups in total. The smallest absolute Gasteiger partial charge is 0.294 e. The molecule has 164 valence electrons. The third-order valence-electron chi connectivity index (χ3n) is 5.85. The van der Waals surface area contributed by atoms with Gasteiger partial charge in [-0.1, -0.05) is 29.8 Å². The number of benzene rings is 2. The number of carbonyl (C=O) groups excluding carboxylic acids is 2. The van der Waals surface area contributed by atoms with Crippen molar-refractivity contribution in [1.29, 1.82) is 0 Å². The Balaban J connectivity index is 1.82. The van der Waals surface area contributed by atoms with Crippen LogP contribution in [0.2, 0.25) is 0 Å². The number of anilines is 2. The zero-order chi connectivity index (χ0) is 22.8. The van der Waals surface area contributed by atoms with Gasteiger partial charge in [0.15, 0.2) is 11.5 Å². The van der Waals surface area contributed by atoms with Gasteiger partial charge >= 0.3 is 0 Å². The molecule has 2 heterocycles. The first kappa shape index (κ1) is 21.4. The number of aryl methyl sites for hydroxylation is 1. The average molecular weight is 431 g/mol. The SMILES string of the molecule is CCN(CC)c1ccc(C2C(C(=O)c3ccco3)=C(O)C(=O)N2c2ccc(C)cc2)cc1. The molecule has 1 atom stereocenters. The van der Waals surface area contributed by atoms with Crippen molar-refractivity contribution < 1.29 is 19.1 Å². The Morgan fingerprint density at radius 1 is 1.03 bits per heavy atom. The number of Topliss-reactive ketones (excluding diaryl/α,β-unsaturated/α-hetero) is 1. The van der Waals surface area contributed by atoms with Crippen LogP contribution < -0.4 is 9.80 Å². The van der Waals surface area contributed by atoms with Crippen LogP contribution in [0.1, 0.15) is 41.6 Å². The lowest BCUT2D eigenvalue weighted by Gasteiger charge is -2.28. The summed E-state index contributed by atoms with van der Waals surface area (Å²) < 4.78 is 5.28. The van der Waals surface area contributed by atoms with Crippen LogP contribution in [-0.2, 0) is 4.79 Å².